The summed E-state index contributed by atoms with van der Waals surface area (Å²) >= 11 is 0. The molecule has 0 aliphatic carbocycles. The first kappa shape index (κ1) is 32.8. The van der Waals surface area contributed by atoms with Crippen LogP contribution >= 0.6 is 0 Å². The largest absolute Gasteiger partial charge is 0.310 e. The van der Waals surface area contributed by atoms with Crippen molar-refractivity contribution in [1.82, 2.24) is 19.1 Å². The SMILES string of the molecule is CC(C)(C)c1ccc2c(c1)c1cccc3c1n2-c1cc(-c2nc(-c4ccccc4)nc4ccccc24)cc2c1B3c1cccc3c4cc(C(C)(C)C)ccc4n-2c13. The zero-order valence-electron chi connectivity index (χ0n) is 33.1. The zero-order chi connectivity index (χ0) is 38.5. The van der Waals surface area contributed by atoms with Crippen molar-refractivity contribution in [2.24, 2.45) is 0 Å². The maximum absolute atomic E-state index is 5.44. The fourth-order valence-corrected chi connectivity index (χ4v) is 10.0. The molecule has 0 N–H and O–H groups in total. The van der Waals surface area contributed by atoms with Gasteiger partial charge in [-0.3, -0.25) is 0 Å². The molecule has 0 bridgehead atoms. The molecule has 0 radical (unpaired) electrons. The van der Waals surface area contributed by atoms with Gasteiger partial charge in [-0.2, -0.15) is 0 Å². The highest BCUT2D eigenvalue weighted by Crippen LogP contribution is 2.43. The van der Waals surface area contributed by atoms with Crippen LogP contribution in [0.15, 0.2) is 140 Å². The molecular formula is C52H41BN4. The summed E-state index contributed by atoms with van der Waals surface area (Å²) in [4.78, 5) is 10.5. The number of fused-ring (bicyclic) bond motifs is 11. The molecule has 3 aromatic heterocycles. The molecular weight excluding hydrogens is 691 g/mol. The molecule has 0 saturated heterocycles. The molecule has 5 heterocycles. The van der Waals surface area contributed by atoms with E-state index < -0.39 is 0 Å². The molecule has 12 rings (SSSR count). The average Bonchev–Trinajstić information content (AvgIpc) is 3.74. The summed E-state index contributed by atoms with van der Waals surface area (Å²) in [6, 6.07) is 52.0. The standard InChI is InChI=1S/C52H41BN4/c1-51(2,3)32-22-24-42-37(28-32)34-17-12-19-39-48(34)56(42)44-26-31(47-36-16-10-11-21-41(36)54-50(55-47)30-14-8-7-9-15-30)27-45-46(44)53(39)40-20-13-18-35-38-29-33(52(4,5)6)23-25-43(38)57(45)49(35)40/h7-29H,1-6H3. The maximum Gasteiger partial charge on any atom is 0.252 e. The fraction of sp³-hybridized carbons (Fsp3) is 0.154. The minimum atomic E-state index is 0.0295. The Hall–Kier alpha value is -6.46. The second-order valence-electron chi connectivity index (χ2n) is 18.3. The molecule has 5 heteroatoms. The van der Waals surface area contributed by atoms with E-state index in [2.05, 4.69) is 184 Å². The summed E-state index contributed by atoms with van der Waals surface area (Å²) in [6.07, 6.45) is 0. The van der Waals surface area contributed by atoms with Crippen molar-refractivity contribution in [3.05, 3.63) is 151 Å². The van der Waals surface area contributed by atoms with Crippen molar-refractivity contribution in [3.63, 3.8) is 0 Å². The van der Waals surface area contributed by atoms with E-state index in [1.165, 1.54) is 82.5 Å². The molecule has 272 valence electrons. The number of benzene rings is 7. The molecule has 0 spiro atoms. The molecule has 10 aromatic rings. The van der Waals surface area contributed by atoms with Gasteiger partial charge in [0.1, 0.15) is 0 Å². The Morgan fingerprint density at radius 2 is 0.982 bits per heavy atom. The molecule has 7 aromatic carbocycles. The Labute approximate surface area is 332 Å². The van der Waals surface area contributed by atoms with Gasteiger partial charge >= 0.3 is 0 Å². The van der Waals surface area contributed by atoms with Crippen LogP contribution in [0.3, 0.4) is 0 Å². The van der Waals surface area contributed by atoms with Gasteiger partial charge in [-0.05, 0) is 80.8 Å². The van der Waals surface area contributed by atoms with Gasteiger partial charge in [-0.25, -0.2) is 9.97 Å². The molecule has 57 heavy (non-hydrogen) atoms. The Kier molecular flexibility index (Phi) is 6.38. The third-order valence-corrected chi connectivity index (χ3v) is 12.8. The Morgan fingerprint density at radius 1 is 0.456 bits per heavy atom. The monoisotopic (exact) mass is 732 g/mol. The maximum atomic E-state index is 5.44. The summed E-state index contributed by atoms with van der Waals surface area (Å²) in [5.41, 5.74) is 18.3. The van der Waals surface area contributed by atoms with Crippen LogP contribution in [-0.2, 0) is 10.8 Å². The summed E-state index contributed by atoms with van der Waals surface area (Å²) in [5, 5.41) is 6.25. The highest BCUT2D eigenvalue weighted by molar-refractivity contribution is 7.00. The smallest absolute Gasteiger partial charge is 0.252 e. The first-order valence-electron chi connectivity index (χ1n) is 20.2. The molecule has 4 nitrogen and oxygen atoms in total. The van der Waals surface area contributed by atoms with Crippen LogP contribution in [0.5, 0.6) is 0 Å². The van der Waals surface area contributed by atoms with Crippen LogP contribution in [0, 0.1) is 0 Å². The van der Waals surface area contributed by atoms with Crippen molar-refractivity contribution >= 4 is 77.6 Å². The summed E-state index contributed by atoms with van der Waals surface area (Å²) in [6.45, 7) is 13.9. The third kappa shape index (κ3) is 4.46. The number of aromatic nitrogens is 4. The van der Waals surface area contributed by atoms with Crippen molar-refractivity contribution in [1.29, 1.82) is 0 Å². The van der Waals surface area contributed by atoms with Crippen LogP contribution < -0.4 is 16.4 Å². The fourth-order valence-electron chi connectivity index (χ4n) is 10.0. The number of rotatable bonds is 2. The summed E-state index contributed by atoms with van der Waals surface area (Å²) in [5.74, 6) is 0.733. The van der Waals surface area contributed by atoms with E-state index >= 15 is 0 Å². The predicted octanol–water partition coefficient (Wildman–Crippen LogP) is 10.9. The van der Waals surface area contributed by atoms with E-state index in [0.29, 0.717) is 0 Å². The molecule has 2 aliphatic rings. The number of hydrogen-bond donors (Lipinski definition) is 0. The van der Waals surface area contributed by atoms with Crippen LogP contribution in [-0.4, -0.2) is 25.8 Å². The van der Waals surface area contributed by atoms with Crippen molar-refractivity contribution < 1.29 is 0 Å². The molecule has 0 atom stereocenters. The molecule has 0 fully saturated rings. The molecule has 0 amide bonds. The Balaban J connectivity index is 1.26. The van der Waals surface area contributed by atoms with Gasteiger partial charge in [-0.15, -0.1) is 0 Å². The highest BCUT2D eigenvalue weighted by atomic mass is 15.0. The van der Waals surface area contributed by atoms with Crippen molar-refractivity contribution in [3.8, 4) is 34.0 Å². The van der Waals surface area contributed by atoms with E-state index in [1.807, 2.05) is 6.07 Å². The van der Waals surface area contributed by atoms with Gasteiger partial charge in [0, 0.05) is 60.5 Å². The van der Waals surface area contributed by atoms with Crippen molar-refractivity contribution in [2.75, 3.05) is 0 Å². The van der Waals surface area contributed by atoms with Gasteiger partial charge in [0.05, 0.1) is 22.2 Å². The molecule has 0 unspecified atom stereocenters. The van der Waals surface area contributed by atoms with Crippen LogP contribution in [0.2, 0.25) is 0 Å². The quantitative estimate of drug-likeness (QED) is 0.166. The third-order valence-electron chi connectivity index (χ3n) is 12.8. The van der Waals surface area contributed by atoms with Gasteiger partial charge in [-0.1, -0.05) is 139 Å². The van der Waals surface area contributed by atoms with Crippen LogP contribution in [0.4, 0.5) is 0 Å². The average molecular weight is 733 g/mol. The lowest BCUT2D eigenvalue weighted by Gasteiger charge is -2.34. The van der Waals surface area contributed by atoms with E-state index in [1.54, 1.807) is 0 Å². The lowest BCUT2D eigenvalue weighted by atomic mass is 9.34. The second kappa shape index (κ2) is 11.1. The zero-order valence-corrected chi connectivity index (χ0v) is 33.1. The van der Waals surface area contributed by atoms with Crippen molar-refractivity contribution in [2.45, 2.75) is 52.4 Å². The number of nitrogens with zero attached hydrogens (tertiary/aromatic N) is 4. The van der Waals surface area contributed by atoms with E-state index in [0.717, 1.165) is 33.5 Å². The van der Waals surface area contributed by atoms with E-state index in [4.69, 9.17) is 9.97 Å². The Morgan fingerprint density at radius 3 is 1.54 bits per heavy atom. The van der Waals surface area contributed by atoms with Crippen LogP contribution in [0.25, 0.3) is 88.5 Å². The number of hydrogen-bond acceptors (Lipinski definition) is 2. The second-order valence-corrected chi connectivity index (χ2v) is 18.3. The Bertz CT molecular complexity index is 3210. The first-order chi connectivity index (χ1) is 27.5. The predicted molar refractivity (Wildman–Crippen MR) is 241 cm³/mol. The van der Waals surface area contributed by atoms with E-state index in [-0.39, 0.29) is 17.5 Å². The lowest BCUT2D eigenvalue weighted by molar-refractivity contribution is 0.591. The van der Waals surface area contributed by atoms with Gasteiger partial charge < -0.3 is 9.13 Å². The normalized spacial score (nSPS) is 13.4. The van der Waals surface area contributed by atoms with Gasteiger partial charge in [0.2, 0.25) is 0 Å². The molecule has 0 saturated carbocycles. The number of para-hydroxylation sites is 3. The summed E-state index contributed by atoms with van der Waals surface area (Å²) in [7, 11) is 0. The lowest BCUT2D eigenvalue weighted by Crippen LogP contribution is -2.59. The highest BCUT2D eigenvalue weighted by Gasteiger charge is 2.41. The van der Waals surface area contributed by atoms with Gasteiger partial charge in [0.15, 0.2) is 5.82 Å². The minimum absolute atomic E-state index is 0.0295. The first-order valence-corrected chi connectivity index (χ1v) is 20.2. The van der Waals surface area contributed by atoms with E-state index in [9.17, 15) is 0 Å². The summed E-state index contributed by atoms with van der Waals surface area (Å²) < 4.78 is 5.14. The molecule has 2 aliphatic heterocycles. The topological polar surface area (TPSA) is 35.6 Å². The van der Waals surface area contributed by atoms with Crippen LogP contribution in [0.1, 0.15) is 52.7 Å². The van der Waals surface area contributed by atoms with Gasteiger partial charge in [0.25, 0.3) is 6.71 Å². The minimum Gasteiger partial charge on any atom is -0.310 e.